The summed E-state index contributed by atoms with van der Waals surface area (Å²) in [4.78, 5) is 12.1. The molecular formula is C15H11F3N4O. The highest BCUT2D eigenvalue weighted by molar-refractivity contribution is 5.83. The summed E-state index contributed by atoms with van der Waals surface area (Å²) < 4.78 is 42.7. The van der Waals surface area contributed by atoms with E-state index in [0.29, 0.717) is 16.8 Å². The standard InChI is InChI=1S/C15H11F3N4O/c16-9-3-1-8(2-4-9)10-5-6-11-13(20-10)14(22-15(19)21-11)23-7-12(17)18/h1-6,12H,7H2,(H2,19,21,22). The minimum absolute atomic E-state index is 0.0990. The number of nitrogen functional groups attached to an aromatic ring is 1. The van der Waals surface area contributed by atoms with Crippen LogP contribution in [-0.4, -0.2) is 28.0 Å². The first-order valence-corrected chi connectivity index (χ1v) is 6.64. The summed E-state index contributed by atoms with van der Waals surface area (Å²) in [6.07, 6.45) is -2.65. The fraction of sp³-hybridized carbons (Fsp3) is 0.133. The van der Waals surface area contributed by atoms with Gasteiger partial charge in [-0.05, 0) is 36.4 Å². The first-order valence-electron chi connectivity index (χ1n) is 6.64. The lowest BCUT2D eigenvalue weighted by molar-refractivity contribution is 0.0804. The lowest BCUT2D eigenvalue weighted by atomic mass is 10.1. The van der Waals surface area contributed by atoms with E-state index in [0.717, 1.165) is 0 Å². The molecule has 3 rings (SSSR count). The number of rotatable bonds is 4. The van der Waals surface area contributed by atoms with Crippen molar-refractivity contribution in [2.75, 3.05) is 12.3 Å². The Balaban J connectivity index is 2.07. The number of nitrogens with two attached hydrogens (primary N) is 1. The van der Waals surface area contributed by atoms with Gasteiger partial charge in [0, 0.05) is 5.56 Å². The molecule has 0 aliphatic rings. The number of pyridine rings is 1. The van der Waals surface area contributed by atoms with Crippen LogP contribution in [-0.2, 0) is 0 Å². The Morgan fingerprint density at radius 3 is 2.43 bits per heavy atom. The molecule has 5 nitrogen and oxygen atoms in total. The Morgan fingerprint density at radius 2 is 1.74 bits per heavy atom. The maximum absolute atomic E-state index is 13.0. The molecule has 0 saturated heterocycles. The van der Waals surface area contributed by atoms with Gasteiger partial charge in [0.15, 0.2) is 12.1 Å². The molecule has 2 heterocycles. The molecule has 2 aromatic heterocycles. The van der Waals surface area contributed by atoms with Gasteiger partial charge in [0.25, 0.3) is 6.43 Å². The maximum Gasteiger partial charge on any atom is 0.272 e. The van der Waals surface area contributed by atoms with Crippen LogP contribution in [0, 0.1) is 5.82 Å². The van der Waals surface area contributed by atoms with Gasteiger partial charge in [-0.25, -0.2) is 23.1 Å². The van der Waals surface area contributed by atoms with Crippen molar-refractivity contribution < 1.29 is 17.9 Å². The number of aromatic nitrogens is 3. The minimum Gasteiger partial charge on any atom is -0.470 e. The molecule has 0 spiro atoms. The lowest BCUT2D eigenvalue weighted by Gasteiger charge is -2.09. The Morgan fingerprint density at radius 1 is 1.00 bits per heavy atom. The van der Waals surface area contributed by atoms with Gasteiger partial charge in [-0.15, -0.1) is 0 Å². The molecule has 0 amide bonds. The van der Waals surface area contributed by atoms with E-state index in [1.54, 1.807) is 24.3 Å². The Kier molecular flexibility index (Phi) is 3.96. The van der Waals surface area contributed by atoms with Gasteiger partial charge in [0.2, 0.25) is 11.8 Å². The number of hydrogen-bond acceptors (Lipinski definition) is 5. The highest BCUT2D eigenvalue weighted by atomic mass is 19.3. The molecule has 0 saturated carbocycles. The summed E-state index contributed by atoms with van der Waals surface area (Å²) in [5.74, 6) is -0.582. The van der Waals surface area contributed by atoms with E-state index in [9.17, 15) is 13.2 Å². The van der Waals surface area contributed by atoms with Crippen LogP contribution in [0.1, 0.15) is 0 Å². The van der Waals surface area contributed by atoms with Crippen LogP contribution in [0.3, 0.4) is 0 Å². The lowest BCUT2D eigenvalue weighted by Crippen LogP contribution is -2.10. The number of hydrogen-bond donors (Lipinski definition) is 1. The van der Waals surface area contributed by atoms with Crippen molar-refractivity contribution in [2.45, 2.75) is 6.43 Å². The second-order valence-electron chi connectivity index (χ2n) is 4.66. The van der Waals surface area contributed by atoms with Gasteiger partial charge in [0.05, 0.1) is 11.2 Å². The third-order valence-corrected chi connectivity index (χ3v) is 3.01. The molecule has 2 N–H and O–H groups in total. The Hall–Kier alpha value is -2.90. The van der Waals surface area contributed by atoms with E-state index >= 15 is 0 Å². The number of nitrogens with zero attached hydrogens (tertiary/aromatic N) is 3. The average Bonchev–Trinajstić information content (AvgIpc) is 2.53. The van der Waals surface area contributed by atoms with Gasteiger partial charge in [-0.1, -0.05) is 0 Å². The Bertz CT molecular complexity index is 840. The van der Waals surface area contributed by atoms with Crippen molar-refractivity contribution in [3.05, 3.63) is 42.2 Å². The monoisotopic (exact) mass is 320 g/mol. The van der Waals surface area contributed by atoms with Gasteiger partial charge >= 0.3 is 0 Å². The predicted molar refractivity (Wildman–Crippen MR) is 78.6 cm³/mol. The molecule has 3 aromatic rings. The van der Waals surface area contributed by atoms with Crippen molar-refractivity contribution in [2.24, 2.45) is 0 Å². The summed E-state index contributed by atoms with van der Waals surface area (Å²) in [6, 6.07) is 9.00. The smallest absolute Gasteiger partial charge is 0.272 e. The van der Waals surface area contributed by atoms with E-state index in [2.05, 4.69) is 15.0 Å². The van der Waals surface area contributed by atoms with E-state index < -0.39 is 13.0 Å². The number of halogens is 3. The molecule has 0 bridgehead atoms. The van der Waals surface area contributed by atoms with Crippen molar-refractivity contribution in [3.63, 3.8) is 0 Å². The molecule has 8 heteroatoms. The van der Waals surface area contributed by atoms with Gasteiger partial charge < -0.3 is 10.5 Å². The van der Waals surface area contributed by atoms with E-state index in [1.807, 2.05) is 0 Å². The largest absolute Gasteiger partial charge is 0.470 e. The third kappa shape index (κ3) is 3.31. The van der Waals surface area contributed by atoms with Crippen LogP contribution in [0.5, 0.6) is 5.88 Å². The molecule has 0 fully saturated rings. The zero-order chi connectivity index (χ0) is 16.4. The summed E-state index contributed by atoms with van der Waals surface area (Å²) >= 11 is 0. The number of alkyl halides is 2. The average molecular weight is 320 g/mol. The maximum atomic E-state index is 13.0. The molecule has 118 valence electrons. The van der Waals surface area contributed by atoms with Crippen molar-refractivity contribution >= 4 is 17.0 Å². The zero-order valence-corrected chi connectivity index (χ0v) is 11.7. The summed E-state index contributed by atoms with van der Waals surface area (Å²) in [6.45, 7) is -0.825. The highest BCUT2D eigenvalue weighted by Crippen LogP contribution is 2.26. The highest BCUT2D eigenvalue weighted by Gasteiger charge is 2.13. The van der Waals surface area contributed by atoms with Crippen LogP contribution in [0.4, 0.5) is 19.1 Å². The van der Waals surface area contributed by atoms with Crippen molar-refractivity contribution in [3.8, 4) is 17.1 Å². The minimum atomic E-state index is -2.65. The molecule has 0 radical (unpaired) electrons. The van der Waals surface area contributed by atoms with Crippen LogP contribution in [0.2, 0.25) is 0 Å². The third-order valence-electron chi connectivity index (χ3n) is 3.01. The molecular weight excluding hydrogens is 309 g/mol. The van der Waals surface area contributed by atoms with Crippen LogP contribution in [0.25, 0.3) is 22.3 Å². The molecule has 0 aliphatic carbocycles. The molecule has 1 aromatic carbocycles. The first-order chi connectivity index (χ1) is 11.0. The molecule has 0 atom stereocenters. The van der Waals surface area contributed by atoms with Crippen LogP contribution >= 0.6 is 0 Å². The molecule has 0 unspecified atom stereocenters. The first kappa shape index (κ1) is 15.0. The van der Waals surface area contributed by atoms with Gasteiger partial charge in [-0.2, -0.15) is 4.98 Å². The number of ether oxygens (including phenoxy) is 1. The zero-order valence-electron chi connectivity index (χ0n) is 11.7. The second-order valence-corrected chi connectivity index (χ2v) is 4.66. The summed E-state index contributed by atoms with van der Waals surface area (Å²) in [7, 11) is 0. The Labute approximate surface area is 129 Å². The number of benzene rings is 1. The van der Waals surface area contributed by atoms with Crippen molar-refractivity contribution in [1.82, 2.24) is 15.0 Å². The van der Waals surface area contributed by atoms with Crippen molar-refractivity contribution in [1.29, 1.82) is 0 Å². The normalized spacial score (nSPS) is 11.1. The van der Waals surface area contributed by atoms with Gasteiger partial charge in [-0.3, -0.25) is 0 Å². The molecule has 0 aliphatic heterocycles. The topological polar surface area (TPSA) is 73.9 Å². The fourth-order valence-electron chi connectivity index (χ4n) is 2.03. The quantitative estimate of drug-likeness (QED) is 0.800. The predicted octanol–water partition coefficient (Wildman–Crippen LogP) is 3.06. The SMILES string of the molecule is Nc1nc(OCC(F)F)c2nc(-c3ccc(F)cc3)ccc2n1. The van der Waals surface area contributed by atoms with Crippen LogP contribution < -0.4 is 10.5 Å². The second kappa shape index (κ2) is 6.07. The van der Waals surface area contributed by atoms with E-state index in [-0.39, 0.29) is 23.2 Å². The number of fused-ring (bicyclic) bond motifs is 1. The van der Waals surface area contributed by atoms with Crippen LogP contribution in [0.15, 0.2) is 36.4 Å². The molecule has 23 heavy (non-hydrogen) atoms. The number of anilines is 1. The van der Waals surface area contributed by atoms with E-state index in [1.165, 1.54) is 12.1 Å². The van der Waals surface area contributed by atoms with E-state index in [4.69, 9.17) is 10.5 Å². The van der Waals surface area contributed by atoms with Gasteiger partial charge in [0.1, 0.15) is 5.82 Å². The summed E-state index contributed by atoms with van der Waals surface area (Å²) in [5.41, 5.74) is 7.28. The summed E-state index contributed by atoms with van der Waals surface area (Å²) in [5, 5.41) is 0. The fourth-order valence-corrected chi connectivity index (χ4v) is 2.03.